The van der Waals surface area contributed by atoms with Gasteiger partial charge in [0.15, 0.2) is 11.2 Å². The molecule has 7 nitrogen and oxygen atoms in total. The van der Waals surface area contributed by atoms with Crippen molar-refractivity contribution >= 4 is 11.2 Å². The summed E-state index contributed by atoms with van der Waals surface area (Å²) in [5.74, 6) is -0.356. The molecule has 2 aromatic heterocycles. The second-order valence-electron chi connectivity index (χ2n) is 7.08. The number of ether oxygens (including phenoxy) is 1. The molecule has 0 radical (unpaired) electrons. The molecule has 2 heterocycles. The van der Waals surface area contributed by atoms with Crippen LogP contribution in [0.2, 0.25) is 0 Å². The summed E-state index contributed by atoms with van der Waals surface area (Å²) in [6.07, 6.45) is 1.50. The first-order valence-corrected chi connectivity index (χ1v) is 9.50. The zero-order chi connectivity index (χ0) is 21.3. The Morgan fingerprint density at radius 3 is 2.57 bits per heavy atom. The molecule has 8 heteroatoms. The molecule has 0 aliphatic rings. The number of aromatic nitrogens is 4. The quantitative estimate of drug-likeness (QED) is 0.492. The van der Waals surface area contributed by atoms with Crippen LogP contribution in [-0.2, 0) is 17.8 Å². The van der Waals surface area contributed by atoms with Gasteiger partial charge in [0.2, 0.25) is 0 Å². The van der Waals surface area contributed by atoms with Crippen LogP contribution < -0.4 is 11.2 Å². The van der Waals surface area contributed by atoms with Gasteiger partial charge in [0.1, 0.15) is 5.82 Å². The van der Waals surface area contributed by atoms with Gasteiger partial charge in [-0.25, -0.2) is 18.7 Å². The van der Waals surface area contributed by atoms with E-state index in [-0.39, 0.29) is 36.7 Å². The third-order valence-electron chi connectivity index (χ3n) is 4.95. The predicted octanol–water partition coefficient (Wildman–Crippen LogP) is 2.49. The molecular formula is C22H21FN4O3. The molecule has 0 saturated carbocycles. The largest absolute Gasteiger partial charge is 0.383 e. The van der Waals surface area contributed by atoms with Crippen LogP contribution in [0.1, 0.15) is 11.1 Å². The van der Waals surface area contributed by atoms with Crippen LogP contribution in [0, 0.1) is 12.7 Å². The minimum atomic E-state index is -0.482. The van der Waals surface area contributed by atoms with E-state index in [4.69, 9.17) is 4.74 Å². The van der Waals surface area contributed by atoms with E-state index in [1.165, 1.54) is 30.1 Å². The first-order chi connectivity index (χ1) is 14.5. The van der Waals surface area contributed by atoms with Gasteiger partial charge in [0.25, 0.3) is 5.56 Å². The van der Waals surface area contributed by atoms with Gasteiger partial charge in [-0.2, -0.15) is 0 Å². The van der Waals surface area contributed by atoms with Gasteiger partial charge in [0, 0.05) is 13.7 Å². The lowest BCUT2D eigenvalue weighted by Gasteiger charge is -2.13. The fraction of sp³-hybridized carbons (Fsp3) is 0.227. The molecule has 0 amide bonds. The fourth-order valence-electron chi connectivity index (χ4n) is 3.44. The van der Waals surface area contributed by atoms with E-state index < -0.39 is 11.2 Å². The molecule has 0 N–H and O–H groups in total. The fourth-order valence-corrected chi connectivity index (χ4v) is 3.44. The van der Waals surface area contributed by atoms with Gasteiger partial charge in [0.05, 0.1) is 25.2 Å². The number of fused-ring (bicyclic) bond motifs is 1. The molecule has 0 atom stereocenters. The second kappa shape index (κ2) is 8.08. The van der Waals surface area contributed by atoms with Crippen LogP contribution in [0.15, 0.2) is 64.4 Å². The number of benzene rings is 2. The maximum absolute atomic E-state index is 13.6. The topological polar surface area (TPSA) is 71.1 Å². The summed E-state index contributed by atoms with van der Waals surface area (Å²) < 4.78 is 22.9. The van der Waals surface area contributed by atoms with E-state index in [9.17, 15) is 14.0 Å². The van der Waals surface area contributed by atoms with Crippen molar-refractivity contribution in [2.45, 2.75) is 20.0 Å². The molecule has 0 aliphatic carbocycles. The molecule has 2 aromatic carbocycles. The van der Waals surface area contributed by atoms with Crippen molar-refractivity contribution in [1.29, 1.82) is 0 Å². The number of aryl methyl sites for hydroxylation is 1. The van der Waals surface area contributed by atoms with Gasteiger partial charge in [-0.3, -0.25) is 9.36 Å². The third kappa shape index (κ3) is 3.57. The Morgan fingerprint density at radius 2 is 1.87 bits per heavy atom. The van der Waals surface area contributed by atoms with E-state index in [0.717, 1.165) is 10.1 Å². The highest BCUT2D eigenvalue weighted by Crippen LogP contribution is 2.15. The highest BCUT2D eigenvalue weighted by Gasteiger charge is 2.19. The number of methoxy groups -OCH3 is 1. The SMILES string of the molecule is COCCn1c(=O)c2c(ncn2Cc2cccc(F)c2)n(-c2ccc(C)cc2)c1=O. The first-order valence-electron chi connectivity index (χ1n) is 9.50. The van der Waals surface area contributed by atoms with Crippen molar-refractivity contribution in [3.8, 4) is 5.69 Å². The molecule has 30 heavy (non-hydrogen) atoms. The molecule has 0 aliphatic heterocycles. The molecule has 0 spiro atoms. The number of imidazole rings is 1. The monoisotopic (exact) mass is 408 g/mol. The van der Waals surface area contributed by atoms with E-state index in [2.05, 4.69) is 4.98 Å². The summed E-state index contributed by atoms with van der Waals surface area (Å²) in [6, 6.07) is 13.6. The van der Waals surface area contributed by atoms with Crippen molar-refractivity contribution in [2.24, 2.45) is 0 Å². The molecule has 0 fully saturated rings. The van der Waals surface area contributed by atoms with Crippen molar-refractivity contribution < 1.29 is 9.13 Å². The second-order valence-corrected chi connectivity index (χ2v) is 7.08. The highest BCUT2D eigenvalue weighted by molar-refractivity contribution is 5.72. The highest BCUT2D eigenvalue weighted by atomic mass is 19.1. The van der Waals surface area contributed by atoms with E-state index in [0.29, 0.717) is 11.3 Å². The Hall–Kier alpha value is -3.52. The number of halogens is 1. The summed E-state index contributed by atoms with van der Waals surface area (Å²) >= 11 is 0. The van der Waals surface area contributed by atoms with Crippen LogP contribution in [0.4, 0.5) is 4.39 Å². The normalized spacial score (nSPS) is 11.3. The molecule has 4 rings (SSSR count). The zero-order valence-electron chi connectivity index (χ0n) is 16.7. The lowest BCUT2D eigenvalue weighted by atomic mass is 10.2. The van der Waals surface area contributed by atoms with E-state index in [1.54, 1.807) is 16.7 Å². The maximum Gasteiger partial charge on any atom is 0.337 e. The smallest absolute Gasteiger partial charge is 0.337 e. The zero-order valence-corrected chi connectivity index (χ0v) is 16.7. The van der Waals surface area contributed by atoms with Crippen LogP contribution in [0.5, 0.6) is 0 Å². The number of rotatable bonds is 6. The van der Waals surface area contributed by atoms with Crippen molar-refractivity contribution in [2.75, 3.05) is 13.7 Å². The molecular weight excluding hydrogens is 387 g/mol. The van der Waals surface area contributed by atoms with Crippen LogP contribution >= 0.6 is 0 Å². The van der Waals surface area contributed by atoms with Crippen molar-refractivity contribution in [3.05, 3.63) is 92.6 Å². The summed E-state index contributed by atoms with van der Waals surface area (Å²) in [5.41, 5.74) is 1.94. The lowest BCUT2D eigenvalue weighted by molar-refractivity contribution is 0.184. The van der Waals surface area contributed by atoms with Gasteiger partial charge in [-0.15, -0.1) is 0 Å². The maximum atomic E-state index is 13.6. The van der Waals surface area contributed by atoms with Crippen LogP contribution in [-0.4, -0.2) is 32.4 Å². The third-order valence-corrected chi connectivity index (χ3v) is 4.95. The first kappa shape index (κ1) is 19.8. The predicted molar refractivity (Wildman–Crippen MR) is 112 cm³/mol. The van der Waals surface area contributed by atoms with E-state index >= 15 is 0 Å². The number of nitrogens with zero attached hydrogens (tertiary/aromatic N) is 4. The number of hydrogen-bond donors (Lipinski definition) is 0. The lowest BCUT2D eigenvalue weighted by Crippen LogP contribution is -2.41. The standard InChI is InChI=1S/C22H21FN4O3/c1-15-6-8-18(9-7-15)27-20-19(21(28)26(22(27)29)10-11-30-2)25(14-24-20)13-16-4-3-5-17(23)12-16/h3-9,12,14H,10-11,13H2,1-2H3. The molecule has 0 bridgehead atoms. The average molecular weight is 408 g/mol. The van der Waals surface area contributed by atoms with Gasteiger partial charge in [-0.1, -0.05) is 29.8 Å². The average Bonchev–Trinajstić information content (AvgIpc) is 3.13. The molecule has 154 valence electrons. The van der Waals surface area contributed by atoms with Crippen LogP contribution in [0.25, 0.3) is 16.9 Å². The summed E-state index contributed by atoms with van der Waals surface area (Å²) in [6.45, 7) is 2.53. The molecule has 0 saturated heterocycles. The Bertz CT molecular complexity index is 1320. The van der Waals surface area contributed by atoms with E-state index in [1.807, 2.05) is 31.2 Å². The molecule has 4 aromatic rings. The minimum Gasteiger partial charge on any atom is -0.383 e. The summed E-state index contributed by atoms with van der Waals surface area (Å²) in [4.78, 5) is 30.7. The Balaban J connectivity index is 1.96. The van der Waals surface area contributed by atoms with Crippen molar-refractivity contribution in [1.82, 2.24) is 18.7 Å². The number of hydrogen-bond acceptors (Lipinski definition) is 4. The molecule has 0 unspecified atom stereocenters. The van der Waals surface area contributed by atoms with Gasteiger partial charge < -0.3 is 9.30 Å². The minimum absolute atomic E-state index is 0.112. The Morgan fingerprint density at radius 1 is 1.10 bits per heavy atom. The Kier molecular flexibility index (Phi) is 5.33. The summed E-state index contributed by atoms with van der Waals surface area (Å²) in [5, 5.41) is 0. The van der Waals surface area contributed by atoms with Crippen LogP contribution in [0.3, 0.4) is 0 Å². The Labute approximate surface area is 171 Å². The van der Waals surface area contributed by atoms with Gasteiger partial charge >= 0.3 is 5.69 Å². The van der Waals surface area contributed by atoms with Crippen molar-refractivity contribution in [3.63, 3.8) is 0 Å². The summed E-state index contributed by atoms with van der Waals surface area (Å²) in [7, 11) is 1.51. The van der Waals surface area contributed by atoms with Gasteiger partial charge in [-0.05, 0) is 36.8 Å².